The third kappa shape index (κ3) is 3.78. The van der Waals surface area contributed by atoms with Crippen LogP contribution in [-0.2, 0) is 9.47 Å². The van der Waals surface area contributed by atoms with Crippen LogP contribution in [-0.4, -0.2) is 64.8 Å². The van der Waals surface area contributed by atoms with E-state index in [1.807, 2.05) is 48.5 Å². The fourth-order valence-corrected chi connectivity index (χ4v) is 4.73. The minimum Gasteiger partial charge on any atom is -0.497 e. The van der Waals surface area contributed by atoms with Crippen molar-refractivity contribution in [2.45, 2.75) is 24.4 Å². The molecule has 0 spiro atoms. The Morgan fingerprint density at radius 1 is 0.971 bits per heavy atom. The Bertz CT molecular complexity index is 1340. The number of aliphatic hydroxyl groups is 1. The molecule has 2 saturated heterocycles. The molecule has 2 aromatic carbocycles. The van der Waals surface area contributed by atoms with Crippen molar-refractivity contribution in [3.63, 3.8) is 0 Å². The lowest BCUT2D eigenvalue weighted by Gasteiger charge is -2.15. The number of hydrogen-bond acceptors (Lipinski definition) is 7. The molecule has 0 aliphatic carbocycles. The summed E-state index contributed by atoms with van der Waals surface area (Å²) in [6, 6.07) is 18.0. The van der Waals surface area contributed by atoms with Gasteiger partial charge in [-0.05, 0) is 29.3 Å². The SMILES string of the molecule is COc1cccc(-c2ccc(-c3nc4nc(O[C@@H]5CO[C@H]6[C@@H]5OC[C@H]6O)[nH]c4cc3Cl)cc2)c1. The lowest BCUT2D eigenvalue weighted by molar-refractivity contribution is 0.00706. The zero-order chi connectivity index (χ0) is 23.2. The molecule has 0 saturated carbocycles. The maximum Gasteiger partial charge on any atom is 0.296 e. The standard InChI is InChI=1S/C25H22ClN3O5/c1-31-16-4-2-3-15(9-16)13-5-7-14(8-6-13)21-17(26)10-18-24(28-21)29-25(27-18)34-20-12-33-22-19(30)11-32-23(20)22/h2-10,19-20,22-23,30H,11-12H2,1H3,(H,27,28,29)/t19-,20-,22-,23-/m1/s1. The number of nitrogens with zero attached hydrogens (tertiary/aromatic N) is 2. The predicted octanol–water partition coefficient (Wildman–Crippen LogP) is 3.86. The molecule has 2 aromatic heterocycles. The molecular weight excluding hydrogens is 458 g/mol. The molecule has 174 valence electrons. The Morgan fingerprint density at radius 3 is 2.59 bits per heavy atom. The zero-order valence-corrected chi connectivity index (χ0v) is 19.0. The van der Waals surface area contributed by atoms with E-state index in [9.17, 15) is 5.11 Å². The number of rotatable bonds is 5. The number of benzene rings is 2. The van der Waals surface area contributed by atoms with E-state index < -0.39 is 6.10 Å². The average molecular weight is 480 g/mol. The average Bonchev–Trinajstić information content (AvgIpc) is 3.55. The van der Waals surface area contributed by atoms with Gasteiger partial charge in [-0.1, -0.05) is 48.0 Å². The Kier molecular flexibility index (Phi) is 5.38. The quantitative estimate of drug-likeness (QED) is 0.448. The Labute approximate surface area is 200 Å². The first-order valence-corrected chi connectivity index (χ1v) is 11.4. The normalized spacial score (nSPS) is 23.9. The van der Waals surface area contributed by atoms with Crippen molar-refractivity contribution in [2.75, 3.05) is 20.3 Å². The number of halogens is 1. The molecule has 0 amide bonds. The van der Waals surface area contributed by atoms with Gasteiger partial charge in [0.1, 0.15) is 24.1 Å². The van der Waals surface area contributed by atoms with Crippen LogP contribution in [0.3, 0.4) is 0 Å². The lowest BCUT2D eigenvalue weighted by atomic mass is 10.0. The molecule has 4 atom stereocenters. The molecule has 2 aliphatic rings. The number of H-pyrrole nitrogens is 1. The third-order valence-corrected chi connectivity index (χ3v) is 6.50. The van der Waals surface area contributed by atoms with Gasteiger partial charge in [-0.2, -0.15) is 4.98 Å². The fraction of sp³-hybridized carbons (Fsp3) is 0.280. The summed E-state index contributed by atoms with van der Waals surface area (Å²) in [5.41, 5.74) is 4.80. The molecule has 0 radical (unpaired) electrons. The highest BCUT2D eigenvalue weighted by molar-refractivity contribution is 6.33. The van der Waals surface area contributed by atoms with Gasteiger partial charge in [0.05, 0.1) is 36.6 Å². The first kappa shape index (κ1) is 21.4. The van der Waals surface area contributed by atoms with Crippen molar-refractivity contribution in [1.82, 2.24) is 15.0 Å². The lowest BCUT2D eigenvalue weighted by Crippen LogP contribution is -2.34. The van der Waals surface area contributed by atoms with Crippen LogP contribution in [0.1, 0.15) is 0 Å². The highest BCUT2D eigenvalue weighted by atomic mass is 35.5. The molecule has 34 heavy (non-hydrogen) atoms. The second-order valence-corrected chi connectivity index (χ2v) is 8.77. The van der Waals surface area contributed by atoms with E-state index in [0.29, 0.717) is 34.5 Å². The molecule has 2 N–H and O–H groups in total. The van der Waals surface area contributed by atoms with Gasteiger partial charge >= 0.3 is 0 Å². The van der Waals surface area contributed by atoms with Crippen LogP contribution >= 0.6 is 11.6 Å². The molecule has 9 heteroatoms. The van der Waals surface area contributed by atoms with E-state index in [2.05, 4.69) is 15.0 Å². The van der Waals surface area contributed by atoms with Gasteiger partial charge < -0.3 is 29.0 Å². The number of hydrogen-bond donors (Lipinski definition) is 2. The van der Waals surface area contributed by atoms with E-state index in [-0.39, 0.29) is 24.9 Å². The molecule has 6 rings (SSSR count). The summed E-state index contributed by atoms with van der Waals surface area (Å²) in [5.74, 6) is 0.809. The summed E-state index contributed by atoms with van der Waals surface area (Å²) in [4.78, 5) is 12.3. The second-order valence-electron chi connectivity index (χ2n) is 8.36. The largest absolute Gasteiger partial charge is 0.497 e. The summed E-state index contributed by atoms with van der Waals surface area (Å²) in [6.07, 6.45) is -1.68. The number of nitrogens with one attached hydrogen (secondary N) is 1. The van der Waals surface area contributed by atoms with Crippen LogP contribution in [0.2, 0.25) is 5.02 Å². The number of pyridine rings is 1. The number of fused-ring (bicyclic) bond motifs is 2. The Morgan fingerprint density at radius 2 is 1.76 bits per heavy atom. The number of imidazole rings is 1. The molecule has 4 aromatic rings. The Hall–Kier alpha value is -3.17. The molecular formula is C25H22ClN3O5. The smallest absolute Gasteiger partial charge is 0.296 e. The van der Waals surface area contributed by atoms with Gasteiger partial charge in [-0.25, -0.2) is 4.98 Å². The predicted molar refractivity (Wildman–Crippen MR) is 126 cm³/mol. The minimum absolute atomic E-state index is 0.243. The van der Waals surface area contributed by atoms with Crippen molar-refractivity contribution < 1.29 is 24.1 Å². The van der Waals surface area contributed by atoms with Crippen molar-refractivity contribution in [3.8, 4) is 34.1 Å². The summed E-state index contributed by atoms with van der Waals surface area (Å²) >= 11 is 6.57. The highest BCUT2D eigenvalue weighted by Gasteiger charge is 2.48. The summed E-state index contributed by atoms with van der Waals surface area (Å²) in [6.45, 7) is 0.564. The fourth-order valence-electron chi connectivity index (χ4n) is 4.47. The highest BCUT2D eigenvalue weighted by Crippen LogP contribution is 2.33. The van der Waals surface area contributed by atoms with Crippen LogP contribution in [0, 0.1) is 0 Å². The van der Waals surface area contributed by atoms with E-state index in [1.54, 1.807) is 13.2 Å². The second kappa shape index (κ2) is 8.56. The van der Waals surface area contributed by atoms with Gasteiger partial charge in [0.25, 0.3) is 6.01 Å². The molecule has 2 aliphatic heterocycles. The zero-order valence-electron chi connectivity index (χ0n) is 18.3. The van der Waals surface area contributed by atoms with Gasteiger partial charge in [-0.15, -0.1) is 0 Å². The summed E-state index contributed by atoms with van der Waals surface area (Å²) in [5, 5.41) is 10.4. The van der Waals surface area contributed by atoms with Gasteiger partial charge in [0.2, 0.25) is 0 Å². The molecule has 4 heterocycles. The van der Waals surface area contributed by atoms with Crippen LogP contribution in [0.4, 0.5) is 0 Å². The van der Waals surface area contributed by atoms with Crippen molar-refractivity contribution in [1.29, 1.82) is 0 Å². The van der Waals surface area contributed by atoms with Gasteiger partial charge in [-0.3, -0.25) is 0 Å². The van der Waals surface area contributed by atoms with Crippen molar-refractivity contribution >= 4 is 22.8 Å². The number of ether oxygens (including phenoxy) is 4. The van der Waals surface area contributed by atoms with E-state index in [4.69, 9.17) is 30.5 Å². The van der Waals surface area contributed by atoms with Crippen LogP contribution in [0.5, 0.6) is 11.8 Å². The first-order valence-electron chi connectivity index (χ1n) is 11.0. The van der Waals surface area contributed by atoms with Crippen LogP contribution in [0.15, 0.2) is 54.6 Å². The van der Waals surface area contributed by atoms with E-state index >= 15 is 0 Å². The van der Waals surface area contributed by atoms with Crippen LogP contribution < -0.4 is 9.47 Å². The topological polar surface area (TPSA) is 98.7 Å². The van der Waals surface area contributed by atoms with Crippen LogP contribution in [0.25, 0.3) is 33.5 Å². The molecule has 8 nitrogen and oxygen atoms in total. The van der Waals surface area contributed by atoms with Crippen molar-refractivity contribution in [2.24, 2.45) is 0 Å². The summed E-state index contributed by atoms with van der Waals surface area (Å²) in [7, 11) is 1.66. The minimum atomic E-state index is -0.632. The third-order valence-electron chi connectivity index (χ3n) is 6.21. The number of aromatic nitrogens is 3. The number of methoxy groups -OCH3 is 1. The molecule has 0 unspecified atom stereocenters. The molecule has 0 bridgehead atoms. The van der Waals surface area contributed by atoms with Crippen molar-refractivity contribution in [3.05, 3.63) is 59.6 Å². The Balaban J connectivity index is 1.25. The number of aromatic amines is 1. The first-order chi connectivity index (χ1) is 16.6. The summed E-state index contributed by atoms with van der Waals surface area (Å²) < 4.78 is 22.5. The van der Waals surface area contributed by atoms with Gasteiger partial charge in [0.15, 0.2) is 11.8 Å². The van der Waals surface area contributed by atoms with E-state index in [1.165, 1.54) is 0 Å². The van der Waals surface area contributed by atoms with E-state index in [0.717, 1.165) is 22.4 Å². The number of aliphatic hydroxyl groups excluding tert-OH is 1. The maximum absolute atomic E-state index is 9.91. The van der Waals surface area contributed by atoms with Gasteiger partial charge in [0, 0.05) is 5.56 Å². The molecule has 2 fully saturated rings. The maximum atomic E-state index is 9.91. The monoisotopic (exact) mass is 479 g/mol.